The molecule has 8 nitrogen and oxygen atoms in total. The van der Waals surface area contributed by atoms with Gasteiger partial charge in [0.25, 0.3) is 5.91 Å². The zero-order chi connectivity index (χ0) is 15.5. The van der Waals surface area contributed by atoms with Crippen molar-refractivity contribution in [2.75, 3.05) is 38.7 Å². The molecule has 1 aliphatic heterocycles. The van der Waals surface area contributed by atoms with E-state index < -0.39 is 0 Å². The van der Waals surface area contributed by atoms with Crippen LogP contribution >= 0.6 is 0 Å². The van der Waals surface area contributed by atoms with Gasteiger partial charge in [0.1, 0.15) is 17.5 Å². The van der Waals surface area contributed by atoms with Crippen molar-refractivity contribution in [2.24, 2.45) is 0 Å². The van der Waals surface area contributed by atoms with E-state index in [9.17, 15) is 4.79 Å². The van der Waals surface area contributed by atoms with Crippen LogP contribution in [0, 0.1) is 0 Å². The summed E-state index contributed by atoms with van der Waals surface area (Å²) in [5.74, 6) is 0.671. The molecule has 3 heterocycles. The van der Waals surface area contributed by atoms with E-state index in [1.807, 2.05) is 19.0 Å². The van der Waals surface area contributed by atoms with E-state index >= 15 is 0 Å². The van der Waals surface area contributed by atoms with E-state index in [2.05, 4.69) is 20.2 Å². The molecule has 1 atom stereocenters. The van der Waals surface area contributed by atoms with Crippen LogP contribution in [0.15, 0.2) is 24.7 Å². The quantitative estimate of drug-likeness (QED) is 0.887. The molecule has 0 aliphatic carbocycles. The summed E-state index contributed by atoms with van der Waals surface area (Å²) in [6.07, 6.45) is 4.57. The van der Waals surface area contributed by atoms with E-state index in [4.69, 9.17) is 4.74 Å². The minimum Gasteiger partial charge on any atom is -0.368 e. The second-order valence-corrected chi connectivity index (χ2v) is 5.24. The third-order valence-corrected chi connectivity index (χ3v) is 3.52. The van der Waals surface area contributed by atoms with Crippen molar-refractivity contribution in [2.45, 2.75) is 6.10 Å². The first kappa shape index (κ1) is 14.5. The third kappa shape index (κ3) is 2.77. The van der Waals surface area contributed by atoms with Gasteiger partial charge in [-0.05, 0) is 6.07 Å². The predicted molar refractivity (Wildman–Crippen MR) is 79.5 cm³/mol. The summed E-state index contributed by atoms with van der Waals surface area (Å²) < 4.78 is 5.80. The highest BCUT2D eigenvalue weighted by Gasteiger charge is 2.29. The zero-order valence-electron chi connectivity index (χ0n) is 12.6. The predicted octanol–water partition coefficient (Wildman–Crippen LogP) is 0.479. The van der Waals surface area contributed by atoms with E-state index in [1.54, 1.807) is 29.6 Å². The van der Waals surface area contributed by atoms with Crippen LogP contribution in [0.2, 0.25) is 0 Å². The minimum absolute atomic E-state index is 0.0823. The van der Waals surface area contributed by atoms with Crippen molar-refractivity contribution in [1.29, 1.82) is 0 Å². The van der Waals surface area contributed by atoms with Crippen LogP contribution in [-0.2, 0) is 4.74 Å². The maximum absolute atomic E-state index is 12.4. The van der Waals surface area contributed by atoms with Crippen LogP contribution in [0.1, 0.15) is 22.3 Å². The van der Waals surface area contributed by atoms with Gasteiger partial charge in [0, 0.05) is 39.2 Å². The van der Waals surface area contributed by atoms with Crippen molar-refractivity contribution in [1.82, 2.24) is 25.1 Å². The largest absolute Gasteiger partial charge is 0.368 e. The van der Waals surface area contributed by atoms with Gasteiger partial charge in [-0.15, -0.1) is 0 Å². The Kier molecular flexibility index (Phi) is 4.01. The summed E-state index contributed by atoms with van der Waals surface area (Å²) in [5.41, 5.74) is 1.22. The first-order chi connectivity index (χ1) is 10.7. The molecular weight excluding hydrogens is 284 g/mol. The van der Waals surface area contributed by atoms with Gasteiger partial charge >= 0.3 is 0 Å². The number of aromatic nitrogens is 4. The summed E-state index contributed by atoms with van der Waals surface area (Å²) in [6, 6.07) is 1.67. The summed E-state index contributed by atoms with van der Waals surface area (Å²) in [7, 11) is 3.81. The van der Waals surface area contributed by atoms with Crippen LogP contribution in [0.3, 0.4) is 0 Å². The van der Waals surface area contributed by atoms with Crippen molar-refractivity contribution in [3.63, 3.8) is 0 Å². The van der Waals surface area contributed by atoms with E-state index in [0.29, 0.717) is 25.4 Å². The van der Waals surface area contributed by atoms with E-state index in [1.165, 1.54) is 0 Å². The Bertz CT molecular complexity index is 643. The lowest BCUT2D eigenvalue weighted by molar-refractivity contribution is -0.0248. The summed E-state index contributed by atoms with van der Waals surface area (Å²) >= 11 is 0. The average molecular weight is 302 g/mol. The van der Waals surface area contributed by atoms with Gasteiger partial charge in [-0.3, -0.25) is 14.9 Å². The van der Waals surface area contributed by atoms with Gasteiger partial charge in [0.05, 0.1) is 13.2 Å². The van der Waals surface area contributed by atoms with Gasteiger partial charge in [-0.2, -0.15) is 5.10 Å². The lowest BCUT2D eigenvalue weighted by Crippen LogP contribution is -2.43. The molecule has 1 amide bonds. The number of anilines is 1. The topological polar surface area (TPSA) is 87.2 Å². The molecule has 2 aromatic heterocycles. The standard InChI is InChI=1S/C14H18N6O2/c1-19(2)13-12(15-5-6-16-13)11-9-20(7-8-22-11)14(21)10-3-4-17-18-10/h3-6,11H,7-9H2,1-2H3,(H,17,18)/t11-/m0/s1. The normalized spacial score (nSPS) is 18.3. The summed E-state index contributed by atoms with van der Waals surface area (Å²) in [4.78, 5) is 24.8. The number of aromatic amines is 1. The zero-order valence-corrected chi connectivity index (χ0v) is 12.6. The fourth-order valence-corrected chi connectivity index (χ4v) is 2.46. The minimum atomic E-state index is -0.285. The number of H-pyrrole nitrogens is 1. The highest BCUT2D eigenvalue weighted by molar-refractivity contribution is 5.92. The van der Waals surface area contributed by atoms with Gasteiger partial charge in [-0.25, -0.2) is 4.98 Å². The first-order valence-corrected chi connectivity index (χ1v) is 7.05. The second-order valence-electron chi connectivity index (χ2n) is 5.24. The van der Waals surface area contributed by atoms with Crippen molar-refractivity contribution in [3.8, 4) is 0 Å². The Hall–Kier alpha value is -2.48. The van der Waals surface area contributed by atoms with Gasteiger partial charge in [-0.1, -0.05) is 0 Å². The summed E-state index contributed by atoms with van der Waals surface area (Å²) in [6.45, 7) is 1.46. The van der Waals surface area contributed by atoms with Crippen LogP contribution < -0.4 is 4.90 Å². The second kappa shape index (κ2) is 6.10. The van der Waals surface area contributed by atoms with E-state index in [-0.39, 0.29) is 12.0 Å². The number of carbonyl (C=O) groups is 1. The molecule has 0 aromatic carbocycles. The number of hydrogen-bond donors (Lipinski definition) is 1. The van der Waals surface area contributed by atoms with Gasteiger partial charge in [0.15, 0.2) is 5.82 Å². The molecule has 0 spiro atoms. The molecule has 0 radical (unpaired) electrons. The number of nitrogens with one attached hydrogen (secondary N) is 1. The van der Waals surface area contributed by atoms with Gasteiger partial charge in [0.2, 0.25) is 0 Å². The molecule has 2 aromatic rings. The first-order valence-electron chi connectivity index (χ1n) is 7.05. The average Bonchev–Trinajstić information content (AvgIpc) is 3.08. The Balaban J connectivity index is 1.80. The van der Waals surface area contributed by atoms with Crippen LogP contribution in [-0.4, -0.2) is 64.8 Å². The number of amides is 1. The highest BCUT2D eigenvalue weighted by Crippen LogP contribution is 2.26. The van der Waals surface area contributed by atoms with Crippen LogP contribution in [0.5, 0.6) is 0 Å². The molecule has 116 valence electrons. The molecule has 0 unspecified atom stereocenters. The molecule has 1 fully saturated rings. The number of nitrogens with zero attached hydrogens (tertiary/aromatic N) is 5. The molecule has 1 saturated heterocycles. The molecule has 1 N–H and O–H groups in total. The fourth-order valence-electron chi connectivity index (χ4n) is 2.46. The molecular formula is C14H18N6O2. The number of ether oxygens (including phenoxy) is 1. The number of morpholine rings is 1. The number of rotatable bonds is 3. The Morgan fingerprint density at radius 3 is 2.91 bits per heavy atom. The lowest BCUT2D eigenvalue weighted by Gasteiger charge is -2.33. The summed E-state index contributed by atoms with van der Waals surface area (Å²) in [5, 5.41) is 6.52. The van der Waals surface area contributed by atoms with E-state index in [0.717, 1.165) is 11.5 Å². The van der Waals surface area contributed by atoms with Crippen LogP contribution in [0.25, 0.3) is 0 Å². The maximum atomic E-state index is 12.4. The van der Waals surface area contributed by atoms with Gasteiger partial charge < -0.3 is 14.5 Å². The number of carbonyl (C=O) groups excluding carboxylic acids is 1. The Morgan fingerprint density at radius 2 is 2.18 bits per heavy atom. The third-order valence-electron chi connectivity index (χ3n) is 3.52. The van der Waals surface area contributed by atoms with Crippen molar-refractivity contribution in [3.05, 3.63) is 36.0 Å². The highest BCUT2D eigenvalue weighted by atomic mass is 16.5. The molecule has 8 heteroatoms. The molecule has 0 bridgehead atoms. The molecule has 22 heavy (non-hydrogen) atoms. The Labute approximate surface area is 128 Å². The van der Waals surface area contributed by atoms with Crippen molar-refractivity contribution < 1.29 is 9.53 Å². The lowest BCUT2D eigenvalue weighted by atomic mass is 10.2. The smallest absolute Gasteiger partial charge is 0.272 e. The van der Waals surface area contributed by atoms with Crippen LogP contribution in [0.4, 0.5) is 5.82 Å². The maximum Gasteiger partial charge on any atom is 0.272 e. The fraction of sp³-hybridized carbons (Fsp3) is 0.429. The Morgan fingerprint density at radius 1 is 1.36 bits per heavy atom. The molecule has 0 saturated carbocycles. The number of hydrogen-bond acceptors (Lipinski definition) is 6. The molecule has 3 rings (SSSR count). The monoisotopic (exact) mass is 302 g/mol. The van der Waals surface area contributed by atoms with Crippen molar-refractivity contribution >= 4 is 11.7 Å². The molecule has 1 aliphatic rings. The SMILES string of the molecule is CN(C)c1nccnc1[C@@H]1CN(C(=O)c2ccn[nH]2)CCO1.